The normalized spacial score (nSPS) is 16.4. The van der Waals surface area contributed by atoms with Gasteiger partial charge in [0.25, 0.3) is 0 Å². The van der Waals surface area contributed by atoms with Gasteiger partial charge in [-0.3, -0.25) is 4.79 Å². The van der Waals surface area contributed by atoms with Crippen molar-refractivity contribution in [3.63, 3.8) is 0 Å². The number of carbonyl (C=O) groups excluding carboxylic acids is 2. The maximum Gasteiger partial charge on any atom is 0.318 e. The number of H-pyrrole nitrogens is 1. The van der Waals surface area contributed by atoms with Gasteiger partial charge >= 0.3 is 6.03 Å². The van der Waals surface area contributed by atoms with Crippen molar-refractivity contribution >= 4 is 28.5 Å². The van der Waals surface area contributed by atoms with Crippen molar-refractivity contribution in [2.24, 2.45) is 0 Å². The molecule has 8 nitrogen and oxygen atoms in total. The lowest BCUT2D eigenvalue weighted by molar-refractivity contribution is -0.118. The van der Waals surface area contributed by atoms with E-state index in [1.54, 1.807) is 4.90 Å². The molecule has 0 aliphatic carbocycles. The first-order valence-electron chi connectivity index (χ1n) is 14.2. The van der Waals surface area contributed by atoms with Crippen molar-refractivity contribution in [2.45, 2.75) is 43.9 Å². The van der Waals surface area contributed by atoms with Crippen LogP contribution in [0.4, 0.5) is 10.5 Å². The van der Waals surface area contributed by atoms with E-state index in [9.17, 15) is 14.7 Å². The maximum absolute atomic E-state index is 13.8. The molecule has 0 radical (unpaired) electrons. The number of nitrogens with one attached hydrogen (secondary N) is 3. The summed E-state index contributed by atoms with van der Waals surface area (Å²) < 4.78 is 0. The summed E-state index contributed by atoms with van der Waals surface area (Å²) in [6, 6.07) is 24.2. The molecule has 1 aromatic heterocycles. The predicted molar refractivity (Wildman–Crippen MR) is 163 cm³/mol. The highest BCUT2D eigenvalue weighted by atomic mass is 16.3. The highest BCUT2D eigenvalue weighted by Crippen LogP contribution is 2.33. The summed E-state index contributed by atoms with van der Waals surface area (Å²) in [6.07, 6.45) is 2.77. The summed E-state index contributed by atoms with van der Waals surface area (Å²) in [5.74, 6) is -0.595. The predicted octanol–water partition coefficient (Wildman–Crippen LogP) is 5.03. The molecule has 214 valence electrons. The molecular formula is C33H39N5O3. The van der Waals surface area contributed by atoms with Gasteiger partial charge in [-0.1, -0.05) is 67.6 Å². The summed E-state index contributed by atoms with van der Waals surface area (Å²) in [5.41, 5.74) is 3.60. The molecule has 3 amide bonds. The van der Waals surface area contributed by atoms with Crippen LogP contribution >= 0.6 is 0 Å². The number of aromatic nitrogens is 1. The number of anilines is 1. The minimum absolute atomic E-state index is 0.282. The van der Waals surface area contributed by atoms with Gasteiger partial charge in [-0.2, -0.15) is 0 Å². The van der Waals surface area contributed by atoms with Crippen LogP contribution in [0.25, 0.3) is 10.9 Å². The number of rotatable bonds is 8. The van der Waals surface area contributed by atoms with E-state index < -0.39 is 11.6 Å². The third-order valence-electron chi connectivity index (χ3n) is 8.06. The number of fused-ring (bicyclic) bond motifs is 1. The minimum atomic E-state index is -0.969. The molecule has 2 heterocycles. The number of hydrogen-bond acceptors (Lipinski definition) is 4. The second-order valence-electron chi connectivity index (χ2n) is 11.3. The average molecular weight is 554 g/mol. The van der Waals surface area contributed by atoms with Crippen molar-refractivity contribution in [1.82, 2.24) is 20.1 Å². The molecule has 0 saturated carbocycles. The molecule has 5 rings (SSSR count). The Hall–Kier alpha value is -4.14. The Labute approximate surface area is 241 Å². The molecule has 3 aromatic carbocycles. The van der Waals surface area contributed by atoms with Gasteiger partial charge in [-0.25, -0.2) is 4.79 Å². The van der Waals surface area contributed by atoms with Crippen LogP contribution in [0, 0.1) is 0 Å². The summed E-state index contributed by atoms with van der Waals surface area (Å²) in [4.78, 5) is 34.4. The molecule has 0 unspecified atom stereocenters. The zero-order valence-electron chi connectivity index (χ0n) is 23.9. The highest BCUT2D eigenvalue weighted by Gasteiger charge is 2.37. The van der Waals surface area contributed by atoms with E-state index in [0.29, 0.717) is 31.6 Å². The third-order valence-corrected chi connectivity index (χ3v) is 8.06. The number of para-hydroxylation sites is 1. The Bertz CT molecular complexity index is 1490. The van der Waals surface area contributed by atoms with Crippen molar-refractivity contribution in [1.29, 1.82) is 0 Å². The third kappa shape index (κ3) is 6.45. The van der Waals surface area contributed by atoms with Crippen molar-refractivity contribution in [2.75, 3.05) is 32.5 Å². The SMILES string of the molecule is C[C@H](c1c[nH]c2ccccc12)[C@@H](NC(=O)N1CCC(O)(c2ccccc2)CC1)C(=O)Nc1cccc(CN(C)C)c1. The lowest BCUT2D eigenvalue weighted by Gasteiger charge is -2.39. The Kier molecular flexibility index (Phi) is 8.42. The minimum Gasteiger partial charge on any atom is -0.385 e. The number of benzene rings is 3. The highest BCUT2D eigenvalue weighted by molar-refractivity contribution is 5.98. The van der Waals surface area contributed by atoms with Crippen LogP contribution in [0.3, 0.4) is 0 Å². The second-order valence-corrected chi connectivity index (χ2v) is 11.3. The number of likely N-dealkylation sites (tertiary alicyclic amines) is 1. The largest absolute Gasteiger partial charge is 0.385 e. The summed E-state index contributed by atoms with van der Waals surface area (Å²) in [7, 11) is 4.00. The van der Waals surface area contributed by atoms with Crippen LogP contribution in [0.2, 0.25) is 0 Å². The number of piperidine rings is 1. The van der Waals surface area contributed by atoms with Crippen LogP contribution in [0.15, 0.2) is 85.1 Å². The molecule has 2 atom stereocenters. The molecule has 0 spiro atoms. The fraction of sp³-hybridized carbons (Fsp3) is 0.333. The smallest absolute Gasteiger partial charge is 0.318 e. The topological polar surface area (TPSA) is 101 Å². The Morgan fingerprint density at radius 1 is 1.00 bits per heavy atom. The summed E-state index contributed by atoms with van der Waals surface area (Å²) in [5, 5.41) is 18.4. The quantitative estimate of drug-likeness (QED) is 0.246. The summed E-state index contributed by atoms with van der Waals surface area (Å²) in [6.45, 7) is 3.49. The van der Waals surface area contributed by atoms with E-state index >= 15 is 0 Å². The van der Waals surface area contributed by atoms with Crippen LogP contribution in [-0.4, -0.2) is 65.1 Å². The molecule has 0 bridgehead atoms. The first-order valence-corrected chi connectivity index (χ1v) is 14.2. The van der Waals surface area contributed by atoms with Crippen LogP contribution in [0.1, 0.15) is 42.4 Å². The monoisotopic (exact) mass is 553 g/mol. The lowest BCUT2D eigenvalue weighted by Crippen LogP contribution is -2.54. The molecule has 1 aliphatic heterocycles. The van der Waals surface area contributed by atoms with E-state index in [1.165, 1.54) is 0 Å². The Morgan fingerprint density at radius 3 is 2.44 bits per heavy atom. The zero-order chi connectivity index (χ0) is 29.0. The number of amides is 3. The molecule has 1 aliphatic rings. The van der Waals surface area contributed by atoms with Gasteiger partial charge in [-0.15, -0.1) is 0 Å². The molecule has 4 N–H and O–H groups in total. The lowest BCUT2D eigenvalue weighted by atomic mass is 9.84. The standard InChI is InChI=1S/C33H39N5O3/c1-23(28-21-34-29-15-8-7-14-27(28)29)30(31(39)35-26-13-9-10-24(20-26)22-37(2)3)36-32(40)38-18-16-33(41,17-19-38)25-11-5-4-6-12-25/h4-15,20-21,23,30,34,41H,16-19,22H2,1-3H3,(H,35,39)(H,36,40)/t23-,30-/m1/s1. The van der Waals surface area contributed by atoms with Gasteiger partial charge in [0.1, 0.15) is 6.04 Å². The van der Waals surface area contributed by atoms with Crippen LogP contribution < -0.4 is 10.6 Å². The number of aromatic amines is 1. The van der Waals surface area contributed by atoms with Crippen molar-refractivity contribution < 1.29 is 14.7 Å². The maximum atomic E-state index is 13.8. The van der Waals surface area contributed by atoms with E-state index in [2.05, 4.69) is 20.5 Å². The molecule has 8 heteroatoms. The van der Waals surface area contributed by atoms with E-state index in [4.69, 9.17) is 0 Å². The number of carbonyl (C=O) groups is 2. The van der Waals surface area contributed by atoms with Gasteiger partial charge < -0.3 is 30.5 Å². The number of urea groups is 1. The van der Waals surface area contributed by atoms with Crippen LogP contribution in [-0.2, 0) is 16.9 Å². The second kappa shape index (κ2) is 12.2. The number of hydrogen-bond donors (Lipinski definition) is 4. The average Bonchev–Trinajstić information content (AvgIpc) is 3.40. The first-order chi connectivity index (χ1) is 19.7. The molecule has 41 heavy (non-hydrogen) atoms. The molecule has 1 saturated heterocycles. The Balaban J connectivity index is 1.35. The molecular weight excluding hydrogens is 514 g/mol. The van der Waals surface area contributed by atoms with Gasteiger partial charge in [0, 0.05) is 48.3 Å². The fourth-order valence-electron chi connectivity index (χ4n) is 5.74. The van der Waals surface area contributed by atoms with E-state index in [0.717, 1.165) is 34.1 Å². The van der Waals surface area contributed by atoms with Gasteiger partial charge in [-0.05, 0) is 61.8 Å². The van der Waals surface area contributed by atoms with Crippen LogP contribution in [0.5, 0.6) is 0 Å². The molecule has 1 fully saturated rings. The van der Waals surface area contributed by atoms with Gasteiger partial charge in [0.2, 0.25) is 5.91 Å². The van der Waals surface area contributed by atoms with Crippen molar-refractivity contribution in [3.05, 3.63) is 102 Å². The Morgan fingerprint density at radius 2 is 1.71 bits per heavy atom. The number of aliphatic hydroxyl groups is 1. The fourth-order valence-corrected chi connectivity index (χ4v) is 5.74. The number of nitrogens with zero attached hydrogens (tertiary/aromatic N) is 2. The van der Waals surface area contributed by atoms with Gasteiger partial charge in [0.05, 0.1) is 5.60 Å². The zero-order valence-corrected chi connectivity index (χ0v) is 23.9. The first kappa shape index (κ1) is 28.4. The van der Waals surface area contributed by atoms with E-state index in [-0.39, 0.29) is 17.9 Å². The van der Waals surface area contributed by atoms with Crippen molar-refractivity contribution in [3.8, 4) is 0 Å². The van der Waals surface area contributed by atoms with Gasteiger partial charge in [0.15, 0.2) is 0 Å². The molecule has 4 aromatic rings. The van der Waals surface area contributed by atoms with E-state index in [1.807, 2.05) is 106 Å². The summed E-state index contributed by atoms with van der Waals surface area (Å²) >= 11 is 0.